The number of hydrogen-bond acceptors (Lipinski definition) is 4. The fraction of sp³-hybridized carbons (Fsp3) is 0.0769. The maximum atomic E-state index is 11.7. The van der Waals surface area contributed by atoms with Gasteiger partial charge in [0.25, 0.3) is 5.56 Å². The number of hydrogen-bond donors (Lipinski definition) is 2. The molecule has 7 heteroatoms. The van der Waals surface area contributed by atoms with Crippen molar-refractivity contribution in [2.75, 3.05) is 5.73 Å². The van der Waals surface area contributed by atoms with Gasteiger partial charge in [0.2, 0.25) is 5.95 Å². The summed E-state index contributed by atoms with van der Waals surface area (Å²) in [5.74, 6) is 0.125. The summed E-state index contributed by atoms with van der Waals surface area (Å²) in [6, 6.07) is 7.19. The van der Waals surface area contributed by atoms with E-state index in [2.05, 4.69) is 9.97 Å². The lowest BCUT2D eigenvalue weighted by Gasteiger charge is -2.02. The molecule has 0 unspecified atom stereocenters. The number of fused-ring (bicyclic) bond motifs is 1. The van der Waals surface area contributed by atoms with Gasteiger partial charge in [0.1, 0.15) is 4.83 Å². The Balaban J connectivity index is 2.03. The normalized spacial score (nSPS) is 11.1. The van der Waals surface area contributed by atoms with Crippen molar-refractivity contribution in [2.24, 2.45) is 0 Å². The van der Waals surface area contributed by atoms with Crippen molar-refractivity contribution in [1.82, 2.24) is 9.97 Å². The molecule has 3 N–H and O–H groups in total. The molecule has 0 aliphatic rings. The van der Waals surface area contributed by atoms with Crippen molar-refractivity contribution >= 4 is 50.7 Å². The average Bonchev–Trinajstić information content (AvgIpc) is 2.75. The topological polar surface area (TPSA) is 71.8 Å². The molecule has 0 aliphatic carbocycles. The number of nitrogens with zero attached hydrogens (tertiary/aromatic N) is 1. The summed E-state index contributed by atoms with van der Waals surface area (Å²) in [5, 5.41) is 1.76. The van der Waals surface area contributed by atoms with Crippen LogP contribution in [-0.4, -0.2) is 9.97 Å². The molecule has 0 aliphatic heterocycles. The Morgan fingerprint density at radius 2 is 2.10 bits per heavy atom. The fourth-order valence-electron chi connectivity index (χ4n) is 1.95. The minimum Gasteiger partial charge on any atom is -0.369 e. The number of nitrogens with one attached hydrogen (secondary N) is 1. The molecule has 1 aromatic carbocycles. The van der Waals surface area contributed by atoms with Gasteiger partial charge in [-0.2, -0.15) is 4.98 Å². The molecule has 0 bridgehead atoms. The molecule has 0 saturated heterocycles. The summed E-state index contributed by atoms with van der Waals surface area (Å²) in [5.41, 5.74) is 6.17. The second-order valence-corrected chi connectivity index (χ2v) is 6.28. The molecule has 4 nitrogen and oxygen atoms in total. The average molecular weight is 326 g/mol. The highest BCUT2D eigenvalue weighted by molar-refractivity contribution is 7.18. The highest BCUT2D eigenvalue weighted by atomic mass is 35.5. The summed E-state index contributed by atoms with van der Waals surface area (Å²) in [6.45, 7) is 0. The molecule has 2 heterocycles. The van der Waals surface area contributed by atoms with E-state index < -0.39 is 0 Å². The standard InChI is InChI=1S/C13H9Cl2N3OS/c14-7-2-1-6(10(15)4-7)3-8-5-9-11(19)17-13(16)18-12(9)20-8/h1-2,4-5H,3H2,(H3,16,17,18,19). The van der Waals surface area contributed by atoms with Crippen molar-refractivity contribution in [3.05, 3.63) is 55.1 Å². The molecular weight excluding hydrogens is 317 g/mol. The van der Waals surface area contributed by atoms with Gasteiger partial charge >= 0.3 is 0 Å². The van der Waals surface area contributed by atoms with Crippen molar-refractivity contribution in [2.45, 2.75) is 6.42 Å². The lowest BCUT2D eigenvalue weighted by molar-refractivity contribution is 1.20. The van der Waals surface area contributed by atoms with Crippen molar-refractivity contribution in [3.8, 4) is 0 Å². The predicted octanol–water partition coefficient (Wildman–Crippen LogP) is 3.46. The number of halogens is 2. The number of aromatic nitrogens is 2. The van der Waals surface area contributed by atoms with E-state index >= 15 is 0 Å². The second kappa shape index (κ2) is 5.09. The van der Waals surface area contributed by atoms with Gasteiger partial charge in [-0.25, -0.2) is 0 Å². The number of H-pyrrole nitrogens is 1. The van der Waals surface area contributed by atoms with Crippen LogP contribution in [-0.2, 0) is 6.42 Å². The number of nitrogens with two attached hydrogens (primary N) is 1. The molecule has 0 fully saturated rings. The van der Waals surface area contributed by atoms with E-state index in [0.29, 0.717) is 21.9 Å². The van der Waals surface area contributed by atoms with E-state index in [1.807, 2.05) is 12.1 Å². The Hall–Kier alpha value is -1.56. The number of benzene rings is 1. The first-order valence-corrected chi connectivity index (χ1v) is 7.32. The summed E-state index contributed by atoms with van der Waals surface area (Å²) >= 11 is 13.5. The van der Waals surface area contributed by atoms with E-state index in [0.717, 1.165) is 15.3 Å². The second-order valence-electron chi connectivity index (χ2n) is 4.30. The number of rotatable bonds is 2. The van der Waals surface area contributed by atoms with Gasteiger partial charge < -0.3 is 10.7 Å². The molecule has 3 aromatic rings. The first kappa shape index (κ1) is 13.4. The number of anilines is 1. The SMILES string of the molecule is Nc1nc(=O)c2cc(Cc3ccc(Cl)cc3Cl)sc2[nH]1. The van der Waals surface area contributed by atoms with Crippen LogP contribution in [0.25, 0.3) is 10.2 Å². The highest BCUT2D eigenvalue weighted by Gasteiger charge is 2.10. The van der Waals surface area contributed by atoms with E-state index in [-0.39, 0.29) is 11.5 Å². The van der Waals surface area contributed by atoms with Crippen LogP contribution in [0, 0.1) is 0 Å². The first-order valence-electron chi connectivity index (χ1n) is 5.75. The monoisotopic (exact) mass is 325 g/mol. The van der Waals surface area contributed by atoms with Crippen LogP contribution in [0.15, 0.2) is 29.1 Å². The van der Waals surface area contributed by atoms with Crippen LogP contribution in [0.4, 0.5) is 5.95 Å². The zero-order valence-electron chi connectivity index (χ0n) is 10.1. The number of aromatic amines is 1. The van der Waals surface area contributed by atoms with Crippen molar-refractivity contribution in [1.29, 1.82) is 0 Å². The summed E-state index contributed by atoms with van der Waals surface area (Å²) in [4.78, 5) is 20.0. The van der Waals surface area contributed by atoms with E-state index in [4.69, 9.17) is 28.9 Å². The van der Waals surface area contributed by atoms with Gasteiger partial charge in [-0.1, -0.05) is 29.3 Å². The lowest BCUT2D eigenvalue weighted by atomic mass is 10.1. The number of thiophene rings is 1. The molecule has 20 heavy (non-hydrogen) atoms. The highest BCUT2D eigenvalue weighted by Crippen LogP contribution is 2.28. The van der Waals surface area contributed by atoms with E-state index in [1.165, 1.54) is 11.3 Å². The van der Waals surface area contributed by atoms with Crippen LogP contribution in [0.5, 0.6) is 0 Å². The molecule has 0 atom stereocenters. The van der Waals surface area contributed by atoms with Gasteiger partial charge in [0, 0.05) is 21.3 Å². The molecule has 102 valence electrons. The zero-order chi connectivity index (χ0) is 14.3. The quantitative estimate of drug-likeness (QED) is 0.757. The van der Waals surface area contributed by atoms with Crippen molar-refractivity contribution in [3.63, 3.8) is 0 Å². The molecule has 3 rings (SSSR count). The largest absolute Gasteiger partial charge is 0.369 e. The van der Waals surface area contributed by atoms with Gasteiger partial charge in [-0.3, -0.25) is 4.79 Å². The summed E-state index contributed by atoms with van der Waals surface area (Å²) in [7, 11) is 0. The van der Waals surface area contributed by atoms with E-state index in [1.54, 1.807) is 12.1 Å². The third-order valence-electron chi connectivity index (χ3n) is 2.86. The molecule has 0 radical (unpaired) electrons. The van der Waals surface area contributed by atoms with Crippen LogP contribution in [0.3, 0.4) is 0 Å². The fourth-order valence-corrected chi connectivity index (χ4v) is 3.50. The molecule has 0 saturated carbocycles. The summed E-state index contributed by atoms with van der Waals surface area (Å²) in [6.07, 6.45) is 0.628. The van der Waals surface area contributed by atoms with Crippen LogP contribution in [0.1, 0.15) is 10.4 Å². The molecule has 2 aromatic heterocycles. The Labute approximate surface area is 128 Å². The van der Waals surface area contributed by atoms with Crippen LogP contribution >= 0.6 is 34.5 Å². The maximum Gasteiger partial charge on any atom is 0.283 e. The lowest BCUT2D eigenvalue weighted by Crippen LogP contribution is -2.09. The maximum absolute atomic E-state index is 11.7. The van der Waals surface area contributed by atoms with Gasteiger partial charge in [0.05, 0.1) is 5.39 Å². The Morgan fingerprint density at radius 3 is 2.85 bits per heavy atom. The Morgan fingerprint density at radius 1 is 1.30 bits per heavy atom. The van der Waals surface area contributed by atoms with Gasteiger partial charge in [-0.05, 0) is 23.8 Å². The third kappa shape index (κ3) is 2.52. The Kier molecular flexibility index (Phi) is 3.41. The first-order chi connectivity index (χ1) is 9.52. The smallest absolute Gasteiger partial charge is 0.283 e. The number of nitrogen functional groups attached to an aromatic ring is 1. The molecular formula is C13H9Cl2N3OS. The Bertz CT molecular complexity index is 856. The molecule has 0 amide bonds. The summed E-state index contributed by atoms with van der Waals surface area (Å²) < 4.78 is 0. The minimum absolute atomic E-state index is 0.125. The van der Waals surface area contributed by atoms with Gasteiger partial charge in [-0.15, -0.1) is 11.3 Å². The molecule has 0 spiro atoms. The van der Waals surface area contributed by atoms with Crippen molar-refractivity contribution < 1.29 is 0 Å². The minimum atomic E-state index is -0.319. The predicted molar refractivity (Wildman–Crippen MR) is 83.9 cm³/mol. The third-order valence-corrected chi connectivity index (χ3v) is 4.49. The van der Waals surface area contributed by atoms with E-state index in [9.17, 15) is 4.79 Å². The zero-order valence-corrected chi connectivity index (χ0v) is 12.4. The van der Waals surface area contributed by atoms with Gasteiger partial charge in [0.15, 0.2) is 0 Å². The van der Waals surface area contributed by atoms with Crippen LogP contribution in [0.2, 0.25) is 10.0 Å². The van der Waals surface area contributed by atoms with Crippen LogP contribution < -0.4 is 11.3 Å².